The molecule has 12 heavy (non-hydrogen) atoms. The lowest BCUT2D eigenvalue weighted by molar-refractivity contribution is 0.363. The van der Waals surface area contributed by atoms with Gasteiger partial charge in [0.15, 0.2) is 0 Å². The fraction of sp³-hybridized carbons (Fsp3) is 0.750. The second-order valence-corrected chi connectivity index (χ2v) is 3.77. The van der Waals surface area contributed by atoms with Crippen LogP contribution in [0.15, 0.2) is 10.6 Å². The van der Waals surface area contributed by atoms with Crippen molar-refractivity contribution in [3.8, 4) is 0 Å². The van der Waals surface area contributed by atoms with E-state index in [0.717, 1.165) is 19.6 Å². The average Bonchev–Trinajstić information content (AvgIpc) is 2.52. The van der Waals surface area contributed by atoms with Gasteiger partial charge in [0.2, 0.25) is 0 Å². The topological polar surface area (TPSA) is 15.3 Å². The molecule has 70 valence electrons. The molecule has 4 heteroatoms. The van der Waals surface area contributed by atoms with Gasteiger partial charge in [-0.15, -0.1) is 0 Å². The molecule has 1 heterocycles. The molecule has 0 aromatic carbocycles. The zero-order valence-electron chi connectivity index (χ0n) is 7.19. The number of nitrogens with one attached hydrogen (secondary N) is 1. The quantitative estimate of drug-likeness (QED) is 0.759. The monoisotopic (exact) mass is 208 g/mol. The van der Waals surface area contributed by atoms with E-state index in [9.17, 15) is 0 Å². The first-order valence-corrected chi connectivity index (χ1v) is 4.92. The Morgan fingerprint density at radius 3 is 3.00 bits per heavy atom. The van der Waals surface area contributed by atoms with Crippen LogP contribution < -0.4 is 5.32 Å². The molecule has 0 amide bonds. The number of nitrogens with zero attached hydrogens (tertiary/aromatic N) is 1. The van der Waals surface area contributed by atoms with Gasteiger partial charge in [-0.2, -0.15) is 0 Å². The minimum atomic E-state index is 0.616. The van der Waals surface area contributed by atoms with Gasteiger partial charge >= 0.3 is 0 Å². The maximum Gasteiger partial charge on any atom is 0.0434 e. The van der Waals surface area contributed by atoms with E-state index in [2.05, 4.69) is 10.2 Å². The van der Waals surface area contributed by atoms with Crippen LogP contribution in [0, 0.1) is 0 Å². The number of likely N-dealkylation sites (tertiary alicyclic amines) is 1. The summed E-state index contributed by atoms with van der Waals surface area (Å²) in [5, 5.41) is 3.96. The molecular weight excluding hydrogens is 195 g/mol. The molecule has 0 saturated carbocycles. The number of likely N-dealkylation sites (N-methyl/N-ethyl adjacent to an activating group) is 1. The van der Waals surface area contributed by atoms with Gasteiger partial charge in [-0.1, -0.05) is 23.2 Å². The normalized spacial score (nSPS) is 26.6. The minimum absolute atomic E-state index is 0.616. The Morgan fingerprint density at radius 1 is 1.75 bits per heavy atom. The van der Waals surface area contributed by atoms with E-state index in [1.807, 2.05) is 7.05 Å². The Kier molecular flexibility index (Phi) is 4.36. The molecule has 0 aromatic rings. The van der Waals surface area contributed by atoms with Gasteiger partial charge < -0.3 is 5.32 Å². The van der Waals surface area contributed by atoms with Crippen molar-refractivity contribution < 1.29 is 0 Å². The molecule has 2 nitrogen and oxygen atoms in total. The van der Waals surface area contributed by atoms with Gasteiger partial charge in [0, 0.05) is 36.2 Å². The molecule has 0 aliphatic carbocycles. The van der Waals surface area contributed by atoms with Crippen molar-refractivity contribution in [1.29, 1.82) is 0 Å². The molecule has 1 unspecified atom stereocenters. The van der Waals surface area contributed by atoms with Crippen LogP contribution >= 0.6 is 23.2 Å². The van der Waals surface area contributed by atoms with Crippen LogP contribution in [0.5, 0.6) is 0 Å². The largest absolute Gasteiger partial charge is 0.316 e. The highest BCUT2D eigenvalue weighted by atomic mass is 35.5. The van der Waals surface area contributed by atoms with Crippen molar-refractivity contribution in [3.05, 3.63) is 10.6 Å². The Bertz CT molecular complexity index is 170. The van der Waals surface area contributed by atoms with Crippen LogP contribution in [-0.2, 0) is 0 Å². The molecule has 1 atom stereocenters. The fourth-order valence-electron chi connectivity index (χ4n) is 1.46. The van der Waals surface area contributed by atoms with E-state index in [1.54, 1.807) is 0 Å². The Hall–Kier alpha value is 0.240. The van der Waals surface area contributed by atoms with E-state index in [0.29, 0.717) is 11.1 Å². The second kappa shape index (κ2) is 5.07. The van der Waals surface area contributed by atoms with E-state index >= 15 is 0 Å². The first kappa shape index (κ1) is 10.3. The molecule has 0 aromatic heterocycles. The SMILES string of the molecule is CNC1CCN(C/C(Cl)=C/Cl)C1. The summed E-state index contributed by atoms with van der Waals surface area (Å²) in [6, 6.07) is 0.616. The predicted molar refractivity (Wildman–Crippen MR) is 53.7 cm³/mol. The number of rotatable bonds is 3. The van der Waals surface area contributed by atoms with Crippen LogP contribution in [0.25, 0.3) is 0 Å². The second-order valence-electron chi connectivity index (χ2n) is 3.07. The molecule has 0 bridgehead atoms. The van der Waals surface area contributed by atoms with E-state index in [4.69, 9.17) is 23.2 Å². The maximum atomic E-state index is 5.80. The van der Waals surface area contributed by atoms with Crippen molar-refractivity contribution in [3.63, 3.8) is 0 Å². The van der Waals surface area contributed by atoms with Crippen molar-refractivity contribution in [2.24, 2.45) is 0 Å². The summed E-state index contributed by atoms with van der Waals surface area (Å²) in [6.45, 7) is 2.95. The standard InChI is InChI=1S/C8H14Cl2N2/c1-11-8-2-3-12(6-8)5-7(10)4-9/h4,8,11H,2-3,5-6H2,1H3/b7-4-. The molecule has 1 aliphatic rings. The zero-order valence-corrected chi connectivity index (χ0v) is 8.70. The zero-order chi connectivity index (χ0) is 8.97. The first-order chi connectivity index (χ1) is 5.76. The Balaban J connectivity index is 2.28. The lowest BCUT2D eigenvalue weighted by atomic mass is 10.3. The fourth-order valence-corrected chi connectivity index (χ4v) is 1.70. The highest BCUT2D eigenvalue weighted by Gasteiger charge is 2.20. The van der Waals surface area contributed by atoms with Crippen molar-refractivity contribution in [2.45, 2.75) is 12.5 Å². The van der Waals surface area contributed by atoms with Gasteiger partial charge in [-0.3, -0.25) is 4.90 Å². The lowest BCUT2D eigenvalue weighted by Gasteiger charge is -2.14. The Morgan fingerprint density at radius 2 is 2.50 bits per heavy atom. The molecule has 1 rings (SSSR count). The summed E-state index contributed by atoms with van der Waals surface area (Å²) in [5.41, 5.74) is 1.44. The highest BCUT2D eigenvalue weighted by Crippen LogP contribution is 2.13. The molecule has 1 saturated heterocycles. The molecular formula is C8H14Cl2N2. The number of hydrogen-bond acceptors (Lipinski definition) is 2. The summed E-state index contributed by atoms with van der Waals surface area (Å²) in [6.07, 6.45) is 1.20. The summed E-state index contributed by atoms with van der Waals surface area (Å²) in [4.78, 5) is 2.29. The lowest BCUT2D eigenvalue weighted by Crippen LogP contribution is -2.30. The summed E-state index contributed by atoms with van der Waals surface area (Å²) in [7, 11) is 1.99. The Labute approximate surface area is 83.5 Å². The van der Waals surface area contributed by atoms with Crippen molar-refractivity contribution >= 4 is 23.2 Å². The van der Waals surface area contributed by atoms with E-state index < -0.39 is 0 Å². The van der Waals surface area contributed by atoms with Gasteiger partial charge in [-0.05, 0) is 13.5 Å². The van der Waals surface area contributed by atoms with Crippen LogP contribution in [0.1, 0.15) is 6.42 Å². The third-order valence-electron chi connectivity index (χ3n) is 2.17. The first-order valence-electron chi connectivity index (χ1n) is 4.10. The van der Waals surface area contributed by atoms with Crippen LogP contribution in [0.3, 0.4) is 0 Å². The third kappa shape index (κ3) is 2.94. The van der Waals surface area contributed by atoms with Crippen LogP contribution in [-0.4, -0.2) is 37.6 Å². The molecule has 1 aliphatic heterocycles. The molecule has 0 spiro atoms. The van der Waals surface area contributed by atoms with Crippen molar-refractivity contribution in [1.82, 2.24) is 10.2 Å². The maximum absolute atomic E-state index is 5.80. The number of halogens is 2. The third-order valence-corrected chi connectivity index (χ3v) is 2.78. The predicted octanol–water partition coefficient (Wildman–Crippen LogP) is 1.60. The molecule has 1 fully saturated rings. The van der Waals surface area contributed by atoms with Gasteiger partial charge in [-0.25, -0.2) is 0 Å². The van der Waals surface area contributed by atoms with Crippen LogP contribution in [0.4, 0.5) is 0 Å². The van der Waals surface area contributed by atoms with E-state index in [1.165, 1.54) is 12.0 Å². The molecule has 1 N–H and O–H groups in total. The summed E-state index contributed by atoms with van der Waals surface area (Å²) < 4.78 is 0. The average molecular weight is 209 g/mol. The van der Waals surface area contributed by atoms with Gasteiger partial charge in [0.1, 0.15) is 0 Å². The molecule has 0 radical (unpaired) electrons. The smallest absolute Gasteiger partial charge is 0.0434 e. The summed E-state index contributed by atoms with van der Waals surface area (Å²) >= 11 is 11.3. The highest BCUT2D eigenvalue weighted by molar-refractivity contribution is 6.36. The van der Waals surface area contributed by atoms with Gasteiger partial charge in [0.05, 0.1) is 0 Å². The minimum Gasteiger partial charge on any atom is -0.316 e. The van der Waals surface area contributed by atoms with Crippen LogP contribution in [0.2, 0.25) is 0 Å². The van der Waals surface area contributed by atoms with E-state index in [-0.39, 0.29) is 0 Å². The number of hydrogen-bond donors (Lipinski definition) is 1. The van der Waals surface area contributed by atoms with Crippen molar-refractivity contribution in [2.75, 3.05) is 26.7 Å². The van der Waals surface area contributed by atoms with Gasteiger partial charge in [0.25, 0.3) is 0 Å². The summed E-state index contributed by atoms with van der Waals surface area (Å²) in [5.74, 6) is 0.